The summed E-state index contributed by atoms with van der Waals surface area (Å²) in [6.07, 6.45) is -1.24. The Morgan fingerprint density at radius 1 is 0.947 bits per heavy atom. The largest absolute Gasteiger partial charge is 0.384 e. The molecule has 2 aromatic carbocycles. The number of hydrogen-bond acceptors (Lipinski definition) is 1. The van der Waals surface area contributed by atoms with Crippen molar-refractivity contribution >= 4 is 11.6 Å². The highest BCUT2D eigenvalue weighted by molar-refractivity contribution is 6.30. The first kappa shape index (κ1) is 14.0. The van der Waals surface area contributed by atoms with E-state index in [9.17, 15) is 13.9 Å². The van der Waals surface area contributed by atoms with Gasteiger partial charge in [0, 0.05) is 10.6 Å². The fraction of sp³-hybridized carbons (Fsp3) is 0.200. The van der Waals surface area contributed by atoms with E-state index < -0.39 is 17.7 Å². The molecule has 1 atom stereocenters. The van der Waals surface area contributed by atoms with Crippen molar-refractivity contribution in [3.63, 3.8) is 0 Å². The Hall–Kier alpha value is -1.45. The summed E-state index contributed by atoms with van der Waals surface area (Å²) in [7, 11) is 0. The van der Waals surface area contributed by atoms with Crippen molar-refractivity contribution in [2.45, 2.75) is 20.0 Å². The summed E-state index contributed by atoms with van der Waals surface area (Å²) < 4.78 is 27.4. The first-order valence-electron chi connectivity index (χ1n) is 5.80. The lowest BCUT2D eigenvalue weighted by molar-refractivity contribution is 0.213. The van der Waals surface area contributed by atoms with E-state index in [-0.39, 0.29) is 11.1 Å². The lowest BCUT2D eigenvalue weighted by Crippen LogP contribution is -2.06. The number of rotatable bonds is 2. The maximum Gasteiger partial charge on any atom is 0.129 e. The van der Waals surface area contributed by atoms with Gasteiger partial charge in [0.05, 0.1) is 0 Å². The Labute approximate surface area is 115 Å². The second-order valence-electron chi connectivity index (χ2n) is 4.53. The normalized spacial score (nSPS) is 12.5. The molecule has 0 aliphatic rings. The summed E-state index contributed by atoms with van der Waals surface area (Å²) in [6, 6.07) is 7.06. The minimum atomic E-state index is -1.24. The van der Waals surface area contributed by atoms with Gasteiger partial charge in [0.15, 0.2) is 0 Å². The van der Waals surface area contributed by atoms with E-state index in [2.05, 4.69) is 0 Å². The van der Waals surface area contributed by atoms with E-state index >= 15 is 0 Å². The Balaban J connectivity index is 2.52. The first-order valence-corrected chi connectivity index (χ1v) is 6.17. The monoisotopic (exact) mass is 282 g/mol. The number of aliphatic hydroxyl groups excluding tert-OH is 1. The van der Waals surface area contributed by atoms with Crippen molar-refractivity contribution in [1.82, 2.24) is 0 Å². The van der Waals surface area contributed by atoms with Crippen LogP contribution in [0.3, 0.4) is 0 Å². The molecule has 0 heterocycles. The molecule has 2 aromatic rings. The third-order valence-electron chi connectivity index (χ3n) is 3.11. The van der Waals surface area contributed by atoms with Crippen LogP contribution in [0.15, 0.2) is 30.3 Å². The number of aryl methyl sites for hydroxylation is 2. The first-order chi connectivity index (χ1) is 8.90. The van der Waals surface area contributed by atoms with Crippen molar-refractivity contribution in [3.05, 3.63) is 69.2 Å². The molecular weight excluding hydrogens is 270 g/mol. The van der Waals surface area contributed by atoms with Crippen molar-refractivity contribution in [2.24, 2.45) is 0 Å². The molecule has 4 heteroatoms. The zero-order chi connectivity index (χ0) is 14.2. The van der Waals surface area contributed by atoms with Crippen molar-refractivity contribution < 1.29 is 13.9 Å². The summed E-state index contributed by atoms with van der Waals surface area (Å²) in [5.74, 6) is -1.18. The zero-order valence-corrected chi connectivity index (χ0v) is 11.3. The standard InChI is InChI=1S/C15H13ClF2O/c1-8-3-4-10(16)6-11(8)15(19)12-7-13(17)9(2)5-14(12)18/h3-7,15,19H,1-2H3. The fourth-order valence-electron chi connectivity index (χ4n) is 1.94. The highest BCUT2D eigenvalue weighted by atomic mass is 35.5. The maximum absolute atomic E-state index is 13.8. The van der Waals surface area contributed by atoms with Gasteiger partial charge in [0.2, 0.25) is 0 Å². The second-order valence-corrected chi connectivity index (χ2v) is 4.96. The van der Waals surface area contributed by atoms with Gasteiger partial charge in [0.1, 0.15) is 17.7 Å². The topological polar surface area (TPSA) is 20.2 Å². The van der Waals surface area contributed by atoms with E-state index in [1.807, 2.05) is 0 Å². The molecule has 0 saturated heterocycles. The lowest BCUT2D eigenvalue weighted by atomic mass is 9.96. The Morgan fingerprint density at radius 2 is 1.63 bits per heavy atom. The van der Waals surface area contributed by atoms with Crippen LogP contribution in [0.5, 0.6) is 0 Å². The second kappa shape index (κ2) is 5.27. The molecule has 0 fully saturated rings. The van der Waals surface area contributed by atoms with Crippen LogP contribution in [-0.2, 0) is 0 Å². The minimum Gasteiger partial charge on any atom is -0.384 e. The van der Waals surface area contributed by atoms with Crippen LogP contribution in [0, 0.1) is 25.5 Å². The summed E-state index contributed by atoms with van der Waals surface area (Å²) >= 11 is 5.87. The fourth-order valence-corrected chi connectivity index (χ4v) is 2.13. The van der Waals surface area contributed by atoms with E-state index in [1.165, 1.54) is 6.92 Å². The predicted molar refractivity (Wildman–Crippen MR) is 71.3 cm³/mol. The zero-order valence-electron chi connectivity index (χ0n) is 10.5. The van der Waals surface area contributed by atoms with Gasteiger partial charge in [0.25, 0.3) is 0 Å². The quantitative estimate of drug-likeness (QED) is 0.870. The Bertz CT molecular complexity index is 626. The highest BCUT2D eigenvalue weighted by Crippen LogP contribution is 2.30. The van der Waals surface area contributed by atoms with Crippen LogP contribution in [0.1, 0.15) is 28.4 Å². The van der Waals surface area contributed by atoms with Crippen LogP contribution in [-0.4, -0.2) is 5.11 Å². The van der Waals surface area contributed by atoms with E-state index in [0.717, 1.165) is 17.7 Å². The summed E-state index contributed by atoms with van der Waals surface area (Å²) in [5.41, 5.74) is 1.34. The molecule has 2 rings (SSSR count). The average molecular weight is 283 g/mol. The Kier molecular flexibility index (Phi) is 3.88. The lowest BCUT2D eigenvalue weighted by Gasteiger charge is -2.16. The smallest absolute Gasteiger partial charge is 0.129 e. The predicted octanol–water partition coefficient (Wildman–Crippen LogP) is 4.32. The molecule has 0 radical (unpaired) electrons. The van der Waals surface area contributed by atoms with Crippen LogP contribution in [0.25, 0.3) is 0 Å². The van der Waals surface area contributed by atoms with Crippen molar-refractivity contribution in [3.8, 4) is 0 Å². The summed E-state index contributed by atoms with van der Waals surface area (Å²) in [4.78, 5) is 0. The van der Waals surface area contributed by atoms with Gasteiger partial charge in [-0.1, -0.05) is 17.7 Å². The number of aliphatic hydroxyl groups is 1. The molecule has 1 nitrogen and oxygen atoms in total. The van der Waals surface area contributed by atoms with Gasteiger partial charge in [-0.3, -0.25) is 0 Å². The molecule has 0 aliphatic heterocycles. The van der Waals surface area contributed by atoms with Gasteiger partial charge >= 0.3 is 0 Å². The molecule has 100 valence electrons. The summed E-state index contributed by atoms with van der Waals surface area (Å²) in [5, 5.41) is 10.7. The third-order valence-corrected chi connectivity index (χ3v) is 3.34. The van der Waals surface area contributed by atoms with Crippen molar-refractivity contribution in [1.29, 1.82) is 0 Å². The molecular formula is C15H13ClF2O. The molecule has 0 spiro atoms. The molecule has 0 saturated carbocycles. The number of hydrogen-bond donors (Lipinski definition) is 1. The molecule has 1 unspecified atom stereocenters. The summed E-state index contributed by atoms with van der Waals surface area (Å²) in [6.45, 7) is 3.25. The van der Waals surface area contributed by atoms with Gasteiger partial charge in [-0.15, -0.1) is 0 Å². The maximum atomic E-state index is 13.8. The number of benzene rings is 2. The van der Waals surface area contributed by atoms with Gasteiger partial charge in [-0.25, -0.2) is 8.78 Å². The van der Waals surface area contributed by atoms with Crippen LogP contribution in [0.2, 0.25) is 5.02 Å². The van der Waals surface area contributed by atoms with Gasteiger partial charge < -0.3 is 5.11 Å². The Morgan fingerprint density at radius 3 is 2.32 bits per heavy atom. The molecule has 0 aromatic heterocycles. The van der Waals surface area contributed by atoms with E-state index in [1.54, 1.807) is 25.1 Å². The third kappa shape index (κ3) is 2.77. The molecule has 0 amide bonds. The van der Waals surface area contributed by atoms with E-state index in [4.69, 9.17) is 11.6 Å². The number of halogens is 3. The van der Waals surface area contributed by atoms with E-state index in [0.29, 0.717) is 10.6 Å². The molecule has 0 bridgehead atoms. The molecule has 1 N–H and O–H groups in total. The van der Waals surface area contributed by atoms with Crippen LogP contribution in [0.4, 0.5) is 8.78 Å². The van der Waals surface area contributed by atoms with Crippen molar-refractivity contribution in [2.75, 3.05) is 0 Å². The SMILES string of the molecule is Cc1cc(F)c(C(O)c2cc(Cl)ccc2C)cc1F. The molecule has 19 heavy (non-hydrogen) atoms. The minimum absolute atomic E-state index is 0.0894. The van der Waals surface area contributed by atoms with Gasteiger partial charge in [-0.05, 0) is 54.8 Å². The van der Waals surface area contributed by atoms with Crippen LogP contribution < -0.4 is 0 Å². The molecule has 0 aliphatic carbocycles. The highest BCUT2D eigenvalue weighted by Gasteiger charge is 2.19. The van der Waals surface area contributed by atoms with Gasteiger partial charge in [-0.2, -0.15) is 0 Å². The average Bonchev–Trinajstić information content (AvgIpc) is 2.36. The van der Waals surface area contributed by atoms with Crippen LogP contribution >= 0.6 is 11.6 Å².